The van der Waals surface area contributed by atoms with Gasteiger partial charge in [-0.25, -0.2) is 22.2 Å². The van der Waals surface area contributed by atoms with E-state index >= 15 is 0 Å². The number of aromatic nitrogens is 2. The summed E-state index contributed by atoms with van der Waals surface area (Å²) in [5.74, 6) is 0. The Hall–Kier alpha value is -2.04. The molecule has 0 saturated carbocycles. The summed E-state index contributed by atoms with van der Waals surface area (Å²) in [6.07, 6.45) is 7.87. The molecular weight excluding hydrogens is 556 g/mol. The average Bonchev–Trinajstić information content (AvgIpc) is 3.17. The van der Waals surface area contributed by atoms with Crippen LogP contribution in [0.2, 0.25) is 0 Å². The Labute approximate surface area is 219 Å². The van der Waals surface area contributed by atoms with Gasteiger partial charge >= 0.3 is 6.09 Å². The number of carbonyl (C=O) groups excluding carboxylic acids is 1. The van der Waals surface area contributed by atoms with Crippen LogP contribution < -0.4 is 10.2 Å². The molecule has 2 aliphatic rings. The predicted molar refractivity (Wildman–Crippen MR) is 143 cm³/mol. The Kier molecular flexibility index (Phi) is 7.02. The molecule has 0 bridgehead atoms. The maximum Gasteiger partial charge on any atom is 0.407 e. The number of nitrogens with one attached hydrogen (secondary N) is 1. The second kappa shape index (κ2) is 9.44. The van der Waals surface area contributed by atoms with Crippen molar-refractivity contribution in [2.75, 3.05) is 18.0 Å². The number of amides is 1. The van der Waals surface area contributed by atoms with Crippen molar-refractivity contribution in [1.82, 2.24) is 14.3 Å². The van der Waals surface area contributed by atoms with E-state index in [0.717, 1.165) is 28.4 Å². The van der Waals surface area contributed by atoms with Gasteiger partial charge in [-0.15, -0.1) is 0 Å². The van der Waals surface area contributed by atoms with Crippen LogP contribution in [0, 0.1) is 0 Å². The zero-order chi connectivity index (χ0) is 25.6. The van der Waals surface area contributed by atoms with Crippen molar-refractivity contribution in [3.63, 3.8) is 0 Å². The fourth-order valence-corrected chi connectivity index (χ4v) is 7.76. The Morgan fingerprint density at radius 1 is 1.29 bits per heavy atom. The van der Waals surface area contributed by atoms with Gasteiger partial charge in [-0.05, 0) is 69.3 Å². The Morgan fingerprint density at radius 3 is 2.60 bits per heavy atom. The van der Waals surface area contributed by atoms with Crippen LogP contribution in [-0.2, 0) is 14.8 Å². The summed E-state index contributed by atoms with van der Waals surface area (Å²) in [6, 6.07) is 3.72. The third kappa shape index (κ3) is 5.39. The molecule has 0 radical (unpaired) electrons. The minimum Gasteiger partial charge on any atom is -0.444 e. The molecule has 8 nitrogen and oxygen atoms in total. The van der Waals surface area contributed by atoms with E-state index in [-0.39, 0.29) is 12.5 Å². The molecule has 0 aromatic carbocycles. The second-order valence-electron chi connectivity index (χ2n) is 10.2. The van der Waals surface area contributed by atoms with Gasteiger partial charge in [0.1, 0.15) is 10.3 Å². The number of fused-ring (bicyclic) bond motifs is 1. The third-order valence-corrected chi connectivity index (χ3v) is 9.17. The van der Waals surface area contributed by atoms with Crippen molar-refractivity contribution in [3.05, 3.63) is 46.2 Å². The van der Waals surface area contributed by atoms with Crippen molar-refractivity contribution in [1.29, 1.82) is 0 Å². The van der Waals surface area contributed by atoms with E-state index in [4.69, 9.17) is 16.3 Å². The topological polar surface area (TPSA) is 93.5 Å². The van der Waals surface area contributed by atoms with Crippen LogP contribution in [0.15, 0.2) is 46.2 Å². The summed E-state index contributed by atoms with van der Waals surface area (Å²) in [4.78, 5) is 18.7. The Bertz CT molecular complexity index is 1310. The predicted octanol–water partition coefficient (Wildman–Crippen LogP) is 5.27. The van der Waals surface area contributed by atoms with Crippen molar-refractivity contribution < 1.29 is 17.9 Å². The van der Waals surface area contributed by atoms with Gasteiger partial charge in [0.2, 0.25) is 10.0 Å². The maximum atomic E-state index is 13.7. The molecule has 1 unspecified atom stereocenters. The molecule has 1 atom stereocenters. The Morgan fingerprint density at radius 2 is 1.97 bits per heavy atom. The molecule has 4 rings (SSSR count). The SMILES string of the molecule is CC(C)(C)OC(=O)NC1CCN(c2ccnc3c2ccn3S(=O)(=O)C2(C)C=C(Cl)C=C(Br)C2)CC1. The number of halogens is 2. The summed E-state index contributed by atoms with van der Waals surface area (Å²) in [5, 5.41) is 4.09. The lowest BCUT2D eigenvalue weighted by Gasteiger charge is -2.34. The quantitative estimate of drug-likeness (QED) is 0.525. The monoisotopic (exact) mass is 584 g/mol. The highest BCUT2D eigenvalue weighted by molar-refractivity contribution is 9.11. The largest absolute Gasteiger partial charge is 0.444 e. The van der Waals surface area contributed by atoms with Gasteiger partial charge < -0.3 is 15.0 Å². The van der Waals surface area contributed by atoms with E-state index in [1.165, 1.54) is 3.97 Å². The molecule has 1 aliphatic carbocycles. The number of piperidine rings is 1. The van der Waals surface area contributed by atoms with E-state index in [1.54, 1.807) is 37.5 Å². The number of hydrogen-bond acceptors (Lipinski definition) is 6. The number of ether oxygens (including phenoxy) is 1. The van der Waals surface area contributed by atoms with Gasteiger partial charge in [-0.1, -0.05) is 27.5 Å². The van der Waals surface area contributed by atoms with Crippen LogP contribution in [0.3, 0.4) is 0 Å². The highest BCUT2D eigenvalue weighted by Gasteiger charge is 2.42. The van der Waals surface area contributed by atoms with Gasteiger partial charge in [0, 0.05) is 54.1 Å². The minimum atomic E-state index is -3.85. The van der Waals surface area contributed by atoms with Crippen molar-refractivity contribution in [2.24, 2.45) is 0 Å². The maximum absolute atomic E-state index is 13.7. The summed E-state index contributed by atoms with van der Waals surface area (Å²) in [5.41, 5.74) is 0.763. The molecule has 2 aromatic rings. The summed E-state index contributed by atoms with van der Waals surface area (Å²) in [7, 11) is -3.85. The number of allylic oxidation sites excluding steroid dienone is 3. The molecule has 35 heavy (non-hydrogen) atoms. The van der Waals surface area contributed by atoms with Gasteiger partial charge in [-0.2, -0.15) is 0 Å². The number of carbonyl (C=O) groups is 1. The van der Waals surface area contributed by atoms with Gasteiger partial charge in [-0.3, -0.25) is 0 Å². The average molecular weight is 586 g/mol. The van der Waals surface area contributed by atoms with E-state index in [2.05, 4.69) is 31.1 Å². The van der Waals surface area contributed by atoms with Crippen LogP contribution in [0.25, 0.3) is 11.0 Å². The molecule has 1 amide bonds. The van der Waals surface area contributed by atoms with Crippen LogP contribution >= 0.6 is 27.5 Å². The van der Waals surface area contributed by atoms with Crippen molar-refractivity contribution in [2.45, 2.75) is 63.3 Å². The zero-order valence-corrected chi connectivity index (χ0v) is 23.4. The van der Waals surface area contributed by atoms with E-state index < -0.39 is 26.5 Å². The van der Waals surface area contributed by atoms with E-state index in [0.29, 0.717) is 23.8 Å². The number of rotatable bonds is 4. The van der Waals surface area contributed by atoms with Crippen LogP contribution in [0.5, 0.6) is 0 Å². The molecular formula is C24H30BrClN4O4S. The lowest BCUT2D eigenvalue weighted by Crippen LogP contribution is -2.46. The first-order chi connectivity index (χ1) is 16.3. The first kappa shape index (κ1) is 26.0. The van der Waals surface area contributed by atoms with Crippen molar-refractivity contribution >= 4 is 60.4 Å². The number of hydrogen-bond donors (Lipinski definition) is 1. The number of pyridine rings is 1. The summed E-state index contributed by atoms with van der Waals surface area (Å²) in [6.45, 7) is 8.61. The lowest BCUT2D eigenvalue weighted by molar-refractivity contribution is 0.0497. The molecule has 11 heteroatoms. The number of nitrogens with zero attached hydrogens (tertiary/aromatic N) is 3. The van der Waals surface area contributed by atoms with Crippen LogP contribution in [-0.4, -0.2) is 52.9 Å². The molecule has 1 fully saturated rings. The van der Waals surface area contributed by atoms with Gasteiger partial charge in [0.25, 0.3) is 0 Å². The fraction of sp³-hybridized carbons (Fsp3) is 0.500. The highest BCUT2D eigenvalue weighted by Crippen LogP contribution is 2.39. The standard InChI is InChI=1S/C24H30BrClN4O4S/c1-23(2,3)34-22(31)28-18-6-10-29(11-7-18)20-5-9-27-21-19(20)8-12-30(21)35(32,33)24(4)14-16(25)13-17(26)15-24/h5,8-9,12-13,15,18H,6-7,10-11,14H2,1-4H3,(H,28,31). The third-order valence-electron chi connectivity index (χ3n) is 6.19. The molecule has 1 aliphatic heterocycles. The highest BCUT2D eigenvalue weighted by atomic mass is 79.9. The minimum absolute atomic E-state index is 0.0256. The van der Waals surface area contributed by atoms with Gasteiger partial charge in [0.05, 0.1) is 0 Å². The van der Waals surface area contributed by atoms with Crippen LogP contribution in [0.1, 0.15) is 47.0 Å². The molecule has 0 spiro atoms. The molecule has 190 valence electrons. The smallest absolute Gasteiger partial charge is 0.407 e. The molecule has 2 aromatic heterocycles. The summed E-state index contributed by atoms with van der Waals surface area (Å²) >= 11 is 9.62. The zero-order valence-electron chi connectivity index (χ0n) is 20.2. The van der Waals surface area contributed by atoms with E-state index in [9.17, 15) is 13.2 Å². The first-order valence-electron chi connectivity index (χ1n) is 11.5. The number of alkyl carbamates (subject to hydrolysis) is 1. The molecule has 1 N–H and O–H groups in total. The first-order valence-corrected chi connectivity index (χ1v) is 14.1. The fourth-order valence-electron chi connectivity index (χ4n) is 4.52. The second-order valence-corrected chi connectivity index (χ2v) is 13.9. The summed E-state index contributed by atoms with van der Waals surface area (Å²) < 4.78 is 33.6. The van der Waals surface area contributed by atoms with Gasteiger partial charge in [0.15, 0.2) is 5.65 Å². The van der Waals surface area contributed by atoms with Crippen molar-refractivity contribution in [3.8, 4) is 0 Å². The lowest BCUT2D eigenvalue weighted by atomic mass is 10.0. The molecule has 3 heterocycles. The molecule has 1 saturated heterocycles. The van der Waals surface area contributed by atoms with E-state index in [1.807, 2.05) is 26.8 Å². The number of anilines is 1. The Balaban J connectivity index is 1.55. The van der Waals surface area contributed by atoms with Crippen LogP contribution in [0.4, 0.5) is 10.5 Å². The normalized spacial score (nSPS) is 22.1.